The maximum absolute atomic E-state index is 12.2. The van der Waals surface area contributed by atoms with E-state index < -0.39 is 27.4 Å². The van der Waals surface area contributed by atoms with Gasteiger partial charge in [-0.2, -0.15) is 0 Å². The van der Waals surface area contributed by atoms with Crippen LogP contribution in [0.2, 0.25) is 0 Å². The zero-order chi connectivity index (χ0) is 15.5. The normalized spacial score (nSPS) is 25.9. The van der Waals surface area contributed by atoms with Crippen LogP contribution in [0.1, 0.15) is 31.7 Å². The highest BCUT2D eigenvalue weighted by Gasteiger charge is 2.46. The zero-order valence-electron chi connectivity index (χ0n) is 12.1. The van der Waals surface area contributed by atoms with Crippen LogP contribution in [0.15, 0.2) is 30.3 Å². The van der Waals surface area contributed by atoms with E-state index in [1.807, 2.05) is 30.3 Å². The summed E-state index contributed by atoms with van der Waals surface area (Å²) in [6.07, 6.45) is 2.24. The van der Waals surface area contributed by atoms with E-state index in [1.165, 1.54) is 0 Å². The van der Waals surface area contributed by atoms with E-state index in [4.69, 9.17) is 0 Å². The van der Waals surface area contributed by atoms with Gasteiger partial charge < -0.3 is 5.11 Å². The van der Waals surface area contributed by atoms with Crippen LogP contribution in [-0.4, -0.2) is 31.3 Å². The molecule has 1 aliphatic carbocycles. The number of sulfonamides is 1. The van der Waals surface area contributed by atoms with Gasteiger partial charge in [-0.25, -0.2) is 13.1 Å². The topological polar surface area (TPSA) is 83.5 Å². The molecule has 0 aromatic heterocycles. The largest absolute Gasteiger partial charge is 0.481 e. The first-order chi connectivity index (χ1) is 9.83. The van der Waals surface area contributed by atoms with Gasteiger partial charge in [0, 0.05) is 6.04 Å². The number of carboxylic acid groups (broad SMARTS) is 1. The molecular weight excluding hydrogens is 290 g/mol. The molecule has 2 N–H and O–H groups in total. The summed E-state index contributed by atoms with van der Waals surface area (Å²) in [6, 6.07) is 8.86. The number of carbonyl (C=O) groups is 1. The van der Waals surface area contributed by atoms with Gasteiger partial charge in [0.05, 0.1) is 11.2 Å². The molecule has 5 nitrogen and oxygen atoms in total. The van der Waals surface area contributed by atoms with Crippen LogP contribution < -0.4 is 4.72 Å². The second-order valence-corrected chi connectivity index (χ2v) is 7.71. The molecule has 0 radical (unpaired) electrons. The molecule has 0 spiro atoms. The number of nitrogens with one attached hydrogen (secondary N) is 1. The van der Waals surface area contributed by atoms with Crippen LogP contribution in [0.25, 0.3) is 0 Å². The summed E-state index contributed by atoms with van der Waals surface area (Å²) in [5.41, 5.74) is -0.0462. The molecular formula is C15H21NO4S. The van der Waals surface area contributed by atoms with Crippen molar-refractivity contribution in [3.05, 3.63) is 35.9 Å². The Morgan fingerprint density at radius 3 is 2.67 bits per heavy atom. The molecule has 2 rings (SSSR count). The molecule has 1 saturated carbocycles. The van der Waals surface area contributed by atoms with E-state index in [0.717, 1.165) is 12.0 Å². The highest BCUT2D eigenvalue weighted by molar-refractivity contribution is 7.89. The molecule has 1 aromatic rings. The summed E-state index contributed by atoms with van der Waals surface area (Å²) in [7, 11) is -3.48. The van der Waals surface area contributed by atoms with E-state index in [1.54, 1.807) is 6.92 Å². The maximum Gasteiger partial charge on any atom is 0.310 e. The van der Waals surface area contributed by atoms with E-state index >= 15 is 0 Å². The third-order valence-electron chi connectivity index (χ3n) is 4.27. The SMILES string of the molecule is CC1(C(=O)O)CCCC1NS(=O)(=O)CCc1ccccc1. The van der Waals surface area contributed by atoms with Crippen molar-refractivity contribution >= 4 is 16.0 Å². The third kappa shape index (κ3) is 3.83. The lowest BCUT2D eigenvalue weighted by molar-refractivity contribution is -0.148. The smallest absolute Gasteiger partial charge is 0.310 e. The Labute approximate surface area is 125 Å². The Bertz CT molecular complexity index is 599. The molecule has 1 aliphatic rings. The molecule has 1 fully saturated rings. The van der Waals surface area contributed by atoms with Crippen molar-refractivity contribution in [2.45, 2.75) is 38.6 Å². The lowest BCUT2D eigenvalue weighted by Gasteiger charge is -2.27. The van der Waals surface area contributed by atoms with E-state index in [2.05, 4.69) is 4.72 Å². The van der Waals surface area contributed by atoms with Gasteiger partial charge in [0.25, 0.3) is 0 Å². The average molecular weight is 311 g/mol. The molecule has 2 unspecified atom stereocenters. The van der Waals surface area contributed by atoms with E-state index in [0.29, 0.717) is 19.3 Å². The molecule has 0 amide bonds. The zero-order valence-corrected chi connectivity index (χ0v) is 12.9. The third-order valence-corrected chi connectivity index (χ3v) is 5.66. The molecule has 1 aromatic carbocycles. The van der Waals surface area contributed by atoms with Gasteiger partial charge in [0.1, 0.15) is 0 Å². The van der Waals surface area contributed by atoms with Gasteiger partial charge in [-0.3, -0.25) is 4.79 Å². The monoisotopic (exact) mass is 311 g/mol. The fourth-order valence-electron chi connectivity index (χ4n) is 2.78. The van der Waals surface area contributed by atoms with E-state index in [-0.39, 0.29) is 5.75 Å². The number of aliphatic carboxylic acids is 1. The number of aryl methyl sites for hydroxylation is 1. The predicted octanol–water partition coefficient (Wildman–Crippen LogP) is 1.79. The minimum Gasteiger partial charge on any atom is -0.481 e. The number of benzene rings is 1. The van der Waals surface area contributed by atoms with Gasteiger partial charge in [-0.1, -0.05) is 36.8 Å². The quantitative estimate of drug-likeness (QED) is 0.839. The molecule has 6 heteroatoms. The summed E-state index contributed by atoms with van der Waals surface area (Å²) >= 11 is 0. The van der Waals surface area contributed by atoms with Crippen molar-refractivity contribution in [2.24, 2.45) is 5.41 Å². The molecule has 0 aliphatic heterocycles. The fourth-order valence-corrected chi connectivity index (χ4v) is 4.22. The molecule has 0 saturated heterocycles. The molecule has 21 heavy (non-hydrogen) atoms. The fraction of sp³-hybridized carbons (Fsp3) is 0.533. The second kappa shape index (κ2) is 6.15. The van der Waals surface area contributed by atoms with Crippen molar-refractivity contribution in [3.63, 3.8) is 0 Å². The standard InChI is InChI=1S/C15H21NO4S/c1-15(14(17)18)10-5-8-13(15)16-21(19,20)11-9-12-6-3-2-4-7-12/h2-4,6-7,13,16H,5,8-11H2,1H3,(H,17,18). The summed E-state index contributed by atoms with van der Waals surface area (Å²) in [5, 5.41) is 9.31. The lowest BCUT2D eigenvalue weighted by atomic mass is 9.85. The number of rotatable bonds is 6. The lowest BCUT2D eigenvalue weighted by Crippen LogP contribution is -2.47. The van der Waals surface area contributed by atoms with E-state index in [9.17, 15) is 18.3 Å². The van der Waals surface area contributed by atoms with Crippen molar-refractivity contribution in [3.8, 4) is 0 Å². The van der Waals surface area contributed by atoms with Gasteiger partial charge in [0.15, 0.2) is 0 Å². The average Bonchev–Trinajstić information content (AvgIpc) is 2.80. The van der Waals surface area contributed by atoms with Crippen LogP contribution in [0.4, 0.5) is 0 Å². The summed E-state index contributed by atoms with van der Waals surface area (Å²) in [6.45, 7) is 1.62. The van der Waals surface area contributed by atoms with Crippen molar-refractivity contribution in [2.75, 3.05) is 5.75 Å². The Hall–Kier alpha value is -1.40. The van der Waals surface area contributed by atoms with Gasteiger partial charge in [0.2, 0.25) is 10.0 Å². The Morgan fingerprint density at radius 1 is 1.38 bits per heavy atom. The van der Waals surface area contributed by atoms with Crippen LogP contribution in [-0.2, 0) is 21.2 Å². The summed E-state index contributed by atoms with van der Waals surface area (Å²) in [4.78, 5) is 11.4. The summed E-state index contributed by atoms with van der Waals surface area (Å²) < 4.78 is 26.9. The first-order valence-corrected chi connectivity index (χ1v) is 8.76. The Kier molecular flexibility index (Phi) is 4.68. The highest BCUT2D eigenvalue weighted by atomic mass is 32.2. The van der Waals surface area contributed by atoms with Crippen LogP contribution in [0.5, 0.6) is 0 Å². The minimum absolute atomic E-state index is 0.0246. The summed E-state index contributed by atoms with van der Waals surface area (Å²) in [5.74, 6) is -0.959. The first-order valence-electron chi connectivity index (χ1n) is 7.11. The number of hydrogen-bond acceptors (Lipinski definition) is 3. The Morgan fingerprint density at radius 2 is 2.05 bits per heavy atom. The van der Waals surface area contributed by atoms with Crippen LogP contribution >= 0.6 is 0 Å². The maximum atomic E-state index is 12.2. The van der Waals surface area contributed by atoms with Crippen molar-refractivity contribution in [1.82, 2.24) is 4.72 Å². The van der Waals surface area contributed by atoms with Crippen molar-refractivity contribution < 1.29 is 18.3 Å². The molecule has 0 heterocycles. The number of carboxylic acids is 1. The van der Waals surface area contributed by atoms with Crippen LogP contribution in [0, 0.1) is 5.41 Å². The van der Waals surface area contributed by atoms with Gasteiger partial charge in [-0.05, 0) is 31.7 Å². The predicted molar refractivity (Wildman–Crippen MR) is 80.5 cm³/mol. The molecule has 116 valence electrons. The second-order valence-electron chi connectivity index (χ2n) is 5.84. The first kappa shape index (κ1) is 16.0. The van der Waals surface area contributed by atoms with Crippen molar-refractivity contribution in [1.29, 1.82) is 0 Å². The molecule has 0 bridgehead atoms. The van der Waals surface area contributed by atoms with Gasteiger partial charge in [-0.15, -0.1) is 0 Å². The number of hydrogen-bond donors (Lipinski definition) is 2. The Balaban J connectivity index is 1.99. The highest BCUT2D eigenvalue weighted by Crippen LogP contribution is 2.38. The van der Waals surface area contributed by atoms with Gasteiger partial charge >= 0.3 is 5.97 Å². The minimum atomic E-state index is -3.48. The van der Waals surface area contributed by atoms with Crippen LogP contribution in [0.3, 0.4) is 0 Å². The molecule has 2 atom stereocenters.